The van der Waals surface area contributed by atoms with Crippen LogP contribution < -0.4 is 0 Å². The van der Waals surface area contributed by atoms with Gasteiger partial charge in [0.1, 0.15) is 5.75 Å². The van der Waals surface area contributed by atoms with E-state index in [9.17, 15) is 8.42 Å². The van der Waals surface area contributed by atoms with E-state index < -0.39 is 21.2 Å². The Labute approximate surface area is 89.1 Å². The maximum absolute atomic E-state index is 12.0. The highest BCUT2D eigenvalue weighted by atomic mass is 32.2. The van der Waals surface area contributed by atoms with Crippen LogP contribution in [0.4, 0.5) is 0 Å². The molecule has 84 valence electrons. The van der Waals surface area contributed by atoms with Crippen molar-refractivity contribution >= 4 is 9.84 Å². The van der Waals surface area contributed by atoms with Gasteiger partial charge in [-0.25, -0.2) is 8.42 Å². The average molecular weight is 230 g/mol. The lowest BCUT2D eigenvalue weighted by Gasteiger charge is -2.21. The van der Waals surface area contributed by atoms with Crippen LogP contribution in [0.1, 0.15) is 13.8 Å². The summed E-state index contributed by atoms with van der Waals surface area (Å²) in [5, 5.41) is 18.1. The van der Waals surface area contributed by atoms with Gasteiger partial charge in [0, 0.05) is 0 Å². The van der Waals surface area contributed by atoms with Crippen LogP contribution in [-0.4, -0.2) is 30.0 Å². The van der Waals surface area contributed by atoms with E-state index in [0.717, 1.165) is 0 Å². The van der Waals surface area contributed by atoms with E-state index in [0.29, 0.717) is 0 Å². The molecule has 0 aliphatic rings. The Balaban J connectivity index is 3.24. The van der Waals surface area contributed by atoms with Gasteiger partial charge < -0.3 is 10.2 Å². The summed E-state index contributed by atoms with van der Waals surface area (Å²) in [6.45, 7) is 2.46. The van der Waals surface area contributed by atoms with Gasteiger partial charge in [0.05, 0.1) is 16.2 Å². The summed E-state index contributed by atoms with van der Waals surface area (Å²) >= 11 is 0. The van der Waals surface area contributed by atoms with Crippen LogP contribution in [0.3, 0.4) is 0 Å². The van der Waals surface area contributed by atoms with Gasteiger partial charge in [-0.1, -0.05) is 0 Å². The van der Waals surface area contributed by atoms with Crippen molar-refractivity contribution in [2.24, 2.45) is 0 Å². The van der Waals surface area contributed by atoms with Crippen molar-refractivity contribution in [2.45, 2.75) is 23.5 Å². The average Bonchev–Trinajstić information content (AvgIpc) is 2.18. The first kappa shape index (κ1) is 12.0. The molecule has 0 spiro atoms. The van der Waals surface area contributed by atoms with Gasteiger partial charge in [-0.3, -0.25) is 0 Å². The zero-order chi connectivity index (χ0) is 11.7. The Hall–Kier alpha value is -1.07. The van der Waals surface area contributed by atoms with E-state index in [4.69, 9.17) is 10.2 Å². The lowest BCUT2D eigenvalue weighted by Crippen LogP contribution is -2.35. The molecule has 0 saturated heterocycles. The van der Waals surface area contributed by atoms with Gasteiger partial charge in [0.2, 0.25) is 0 Å². The largest absolute Gasteiger partial charge is 0.508 e. The second kappa shape index (κ2) is 3.83. The quantitative estimate of drug-likeness (QED) is 0.810. The zero-order valence-corrected chi connectivity index (χ0v) is 9.45. The molecule has 1 aromatic rings. The molecule has 0 aliphatic heterocycles. The molecular weight excluding hydrogens is 216 g/mol. The minimum absolute atomic E-state index is 0.00996. The zero-order valence-electron chi connectivity index (χ0n) is 8.64. The van der Waals surface area contributed by atoms with Gasteiger partial charge in [0.15, 0.2) is 9.84 Å². The molecule has 1 aromatic carbocycles. The molecule has 5 heteroatoms. The predicted octanol–water partition coefficient (Wildman–Crippen LogP) is 0.937. The SMILES string of the molecule is CC(C)(CO)S(=O)(=O)c1ccc(O)cc1. The molecule has 0 unspecified atom stereocenters. The van der Waals surface area contributed by atoms with Crippen LogP contribution >= 0.6 is 0 Å². The van der Waals surface area contributed by atoms with Crippen LogP contribution in [0.25, 0.3) is 0 Å². The highest BCUT2D eigenvalue weighted by molar-refractivity contribution is 7.92. The lowest BCUT2D eigenvalue weighted by molar-refractivity contribution is 0.258. The first-order chi connectivity index (χ1) is 6.81. The fourth-order valence-electron chi connectivity index (χ4n) is 1.03. The summed E-state index contributed by atoms with van der Waals surface area (Å²) in [5.74, 6) is 0.00996. The van der Waals surface area contributed by atoms with Crippen molar-refractivity contribution in [3.05, 3.63) is 24.3 Å². The monoisotopic (exact) mass is 230 g/mol. The van der Waals surface area contributed by atoms with Gasteiger partial charge in [0.25, 0.3) is 0 Å². The molecule has 0 aromatic heterocycles. The number of aliphatic hydroxyl groups is 1. The maximum atomic E-state index is 12.0. The molecule has 0 bridgehead atoms. The molecule has 0 saturated carbocycles. The second-order valence-corrected chi connectivity index (χ2v) is 6.50. The number of aliphatic hydroxyl groups excluding tert-OH is 1. The third kappa shape index (κ3) is 2.13. The van der Waals surface area contributed by atoms with E-state index in [1.165, 1.54) is 38.1 Å². The number of hydrogen-bond donors (Lipinski definition) is 2. The van der Waals surface area contributed by atoms with Crippen LogP contribution in [0.2, 0.25) is 0 Å². The number of phenols is 1. The van der Waals surface area contributed by atoms with E-state index in [1.54, 1.807) is 0 Å². The Kier molecular flexibility index (Phi) is 3.06. The Morgan fingerprint density at radius 3 is 2.07 bits per heavy atom. The summed E-state index contributed by atoms with van der Waals surface area (Å²) in [6.07, 6.45) is 0. The summed E-state index contributed by atoms with van der Waals surface area (Å²) in [6, 6.07) is 5.25. The van der Waals surface area contributed by atoms with Crippen LogP contribution in [0.5, 0.6) is 5.75 Å². The van der Waals surface area contributed by atoms with Crippen molar-refractivity contribution in [3.8, 4) is 5.75 Å². The Morgan fingerprint density at radius 1 is 1.20 bits per heavy atom. The maximum Gasteiger partial charge on any atom is 0.185 e. The van der Waals surface area contributed by atoms with E-state index in [2.05, 4.69) is 0 Å². The Morgan fingerprint density at radius 2 is 1.67 bits per heavy atom. The van der Waals surface area contributed by atoms with Gasteiger partial charge in [-0.15, -0.1) is 0 Å². The fraction of sp³-hybridized carbons (Fsp3) is 0.400. The molecule has 0 radical (unpaired) electrons. The normalized spacial score (nSPS) is 12.7. The molecule has 0 heterocycles. The fourth-order valence-corrected chi connectivity index (χ4v) is 2.33. The van der Waals surface area contributed by atoms with Crippen LogP contribution in [0.15, 0.2) is 29.2 Å². The lowest BCUT2D eigenvalue weighted by atomic mass is 10.2. The molecular formula is C10H14O4S. The minimum atomic E-state index is -3.57. The Bertz CT molecular complexity index is 431. The predicted molar refractivity (Wildman–Crippen MR) is 56.5 cm³/mol. The first-order valence-corrected chi connectivity index (χ1v) is 5.94. The molecule has 0 atom stereocenters. The standard InChI is InChI=1S/C10H14O4S/c1-10(2,7-11)15(13,14)9-5-3-8(12)4-6-9/h3-6,11-12H,7H2,1-2H3. The summed E-state index contributed by atoms with van der Waals surface area (Å²) in [7, 11) is -3.57. The number of hydrogen-bond acceptors (Lipinski definition) is 4. The molecule has 0 aliphatic carbocycles. The second-order valence-electron chi connectivity index (χ2n) is 3.92. The first-order valence-electron chi connectivity index (χ1n) is 4.46. The number of rotatable bonds is 3. The number of aromatic hydroxyl groups is 1. The third-order valence-electron chi connectivity index (χ3n) is 2.26. The van der Waals surface area contributed by atoms with E-state index >= 15 is 0 Å². The highest BCUT2D eigenvalue weighted by Gasteiger charge is 2.34. The van der Waals surface area contributed by atoms with Crippen LogP contribution in [-0.2, 0) is 9.84 Å². The van der Waals surface area contributed by atoms with Crippen molar-refractivity contribution in [1.82, 2.24) is 0 Å². The minimum Gasteiger partial charge on any atom is -0.508 e. The van der Waals surface area contributed by atoms with Gasteiger partial charge >= 0.3 is 0 Å². The molecule has 2 N–H and O–H groups in total. The van der Waals surface area contributed by atoms with E-state index in [1.807, 2.05) is 0 Å². The summed E-state index contributed by atoms with van der Waals surface area (Å²) in [5.41, 5.74) is 0. The summed E-state index contributed by atoms with van der Waals surface area (Å²) < 4.78 is 22.7. The number of benzene rings is 1. The third-order valence-corrected chi connectivity index (χ3v) is 4.73. The topological polar surface area (TPSA) is 74.6 Å². The van der Waals surface area contributed by atoms with Crippen LogP contribution in [0, 0.1) is 0 Å². The van der Waals surface area contributed by atoms with E-state index in [-0.39, 0.29) is 10.6 Å². The van der Waals surface area contributed by atoms with Crippen molar-refractivity contribution < 1.29 is 18.6 Å². The molecule has 4 nitrogen and oxygen atoms in total. The molecule has 15 heavy (non-hydrogen) atoms. The summed E-state index contributed by atoms with van der Waals surface area (Å²) in [4.78, 5) is 0.0966. The van der Waals surface area contributed by atoms with Gasteiger partial charge in [-0.2, -0.15) is 0 Å². The van der Waals surface area contributed by atoms with Gasteiger partial charge in [-0.05, 0) is 38.1 Å². The highest BCUT2D eigenvalue weighted by Crippen LogP contribution is 2.25. The molecule has 0 amide bonds. The molecule has 0 fully saturated rings. The molecule has 1 rings (SSSR count). The van der Waals surface area contributed by atoms with Crippen molar-refractivity contribution in [3.63, 3.8) is 0 Å². The van der Waals surface area contributed by atoms with Crippen molar-refractivity contribution in [1.29, 1.82) is 0 Å². The van der Waals surface area contributed by atoms with Crippen molar-refractivity contribution in [2.75, 3.05) is 6.61 Å². The number of phenolic OH excluding ortho intramolecular Hbond substituents is 1. The number of sulfone groups is 1. The smallest absolute Gasteiger partial charge is 0.185 e.